The Morgan fingerprint density at radius 1 is 0.434 bits per heavy atom. The van der Waals surface area contributed by atoms with E-state index >= 15 is 0 Å². The van der Waals surface area contributed by atoms with Crippen molar-refractivity contribution >= 4 is 5.91 Å². The lowest BCUT2D eigenvalue weighted by atomic mass is 10.0. The van der Waals surface area contributed by atoms with Gasteiger partial charge >= 0.3 is 0 Å². The van der Waals surface area contributed by atoms with E-state index in [0.717, 1.165) is 25.7 Å². The number of amides is 1. The summed E-state index contributed by atoms with van der Waals surface area (Å²) < 4.78 is 0. The molecule has 3 N–H and O–H groups in total. The van der Waals surface area contributed by atoms with Crippen molar-refractivity contribution in [3.05, 3.63) is 12.2 Å². The molecule has 53 heavy (non-hydrogen) atoms. The molecule has 4 heteroatoms. The van der Waals surface area contributed by atoms with Gasteiger partial charge in [-0.15, -0.1) is 0 Å². The van der Waals surface area contributed by atoms with Gasteiger partial charge < -0.3 is 15.5 Å². The fourth-order valence-corrected chi connectivity index (χ4v) is 7.77. The number of hydrogen-bond donors (Lipinski definition) is 3. The standard InChI is InChI=1S/C49H97NO3/c1-3-5-7-9-11-12-13-14-15-16-17-18-19-20-21-22-23-24-25-26-27-28-29-30-31-32-33-34-35-36-37-38-39-41-43-45-49(53)50-47(46-51)48(52)44-42-40-10-8-6-4-2/h16-17,47-48,51-52H,3-15,18-46H2,1-2H3,(H,50,53)/b17-16-. The van der Waals surface area contributed by atoms with E-state index in [1.54, 1.807) is 0 Å². The molecule has 0 aliphatic carbocycles. The van der Waals surface area contributed by atoms with Gasteiger partial charge in [0.2, 0.25) is 5.91 Å². The van der Waals surface area contributed by atoms with Crippen LogP contribution in [0.4, 0.5) is 0 Å². The van der Waals surface area contributed by atoms with Gasteiger partial charge in [0.1, 0.15) is 0 Å². The molecule has 0 radical (unpaired) electrons. The third kappa shape index (κ3) is 42.1. The topological polar surface area (TPSA) is 69.6 Å². The molecule has 2 unspecified atom stereocenters. The first-order chi connectivity index (χ1) is 26.2. The third-order valence-electron chi connectivity index (χ3n) is 11.5. The number of carbonyl (C=O) groups is 1. The van der Waals surface area contributed by atoms with Gasteiger partial charge in [-0.1, -0.05) is 244 Å². The molecule has 0 bridgehead atoms. The number of allylic oxidation sites excluding steroid dienone is 2. The predicted octanol–water partition coefficient (Wildman–Crippen LogP) is 15.4. The maximum absolute atomic E-state index is 12.3. The minimum Gasteiger partial charge on any atom is -0.394 e. The molecule has 0 saturated carbocycles. The second kappa shape index (κ2) is 45.5. The van der Waals surface area contributed by atoms with Crippen LogP contribution in [0.1, 0.15) is 277 Å². The fourth-order valence-electron chi connectivity index (χ4n) is 7.77. The molecule has 0 fully saturated rings. The summed E-state index contributed by atoms with van der Waals surface area (Å²) >= 11 is 0. The Morgan fingerprint density at radius 3 is 1.04 bits per heavy atom. The molecule has 0 aromatic carbocycles. The third-order valence-corrected chi connectivity index (χ3v) is 11.5. The Kier molecular flexibility index (Phi) is 44.8. The summed E-state index contributed by atoms with van der Waals surface area (Å²) in [6.45, 7) is 4.32. The van der Waals surface area contributed by atoms with Crippen molar-refractivity contribution in [1.82, 2.24) is 5.32 Å². The summed E-state index contributed by atoms with van der Waals surface area (Å²) in [5.74, 6) is -0.0318. The van der Waals surface area contributed by atoms with Gasteiger partial charge in [-0.25, -0.2) is 0 Å². The molecule has 0 aliphatic heterocycles. The highest BCUT2D eigenvalue weighted by atomic mass is 16.3. The van der Waals surface area contributed by atoms with Crippen molar-refractivity contribution in [3.8, 4) is 0 Å². The summed E-state index contributed by atoms with van der Waals surface area (Å²) in [6.07, 6.45) is 57.9. The van der Waals surface area contributed by atoms with E-state index in [9.17, 15) is 15.0 Å². The van der Waals surface area contributed by atoms with Crippen LogP contribution in [0.2, 0.25) is 0 Å². The van der Waals surface area contributed by atoms with Crippen LogP contribution in [0.15, 0.2) is 12.2 Å². The van der Waals surface area contributed by atoms with Crippen molar-refractivity contribution in [2.24, 2.45) is 0 Å². The highest BCUT2D eigenvalue weighted by Gasteiger charge is 2.20. The molecule has 4 nitrogen and oxygen atoms in total. The molecule has 0 spiro atoms. The zero-order valence-corrected chi connectivity index (χ0v) is 36.3. The maximum atomic E-state index is 12.3. The van der Waals surface area contributed by atoms with Crippen LogP contribution in [0.25, 0.3) is 0 Å². The number of rotatable bonds is 45. The van der Waals surface area contributed by atoms with Crippen LogP contribution in [0, 0.1) is 0 Å². The molecule has 0 aromatic heterocycles. The van der Waals surface area contributed by atoms with Crippen molar-refractivity contribution in [3.63, 3.8) is 0 Å². The highest BCUT2D eigenvalue weighted by Crippen LogP contribution is 2.17. The monoisotopic (exact) mass is 748 g/mol. The number of nitrogens with one attached hydrogen (secondary N) is 1. The molecule has 0 rings (SSSR count). The van der Waals surface area contributed by atoms with Gasteiger partial charge in [0.05, 0.1) is 18.8 Å². The smallest absolute Gasteiger partial charge is 0.220 e. The quantitative estimate of drug-likeness (QED) is 0.0429. The van der Waals surface area contributed by atoms with Crippen LogP contribution in [-0.4, -0.2) is 34.9 Å². The Hall–Kier alpha value is -0.870. The second-order valence-corrected chi connectivity index (χ2v) is 16.9. The van der Waals surface area contributed by atoms with E-state index in [1.807, 2.05) is 0 Å². The molecule has 0 heterocycles. The van der Waals surface area contributed by atoms with Crippen LogP contribution in [-0.2, 0) is 4.79 Å². The first-order valence-electron chi connectivity index (χ1n) is 24.4. The van der Waals surface area contributed by atoms with E-state index in [-0.39, 0.29) is 12.5 Å². The molecule has 1 amide bonds. The zero-order chi connectivity index (χ0) is 38.6. The lowest BCUT2D eigenvalue weighted by Crippen LogP contribution is -2.45. The minimum atomic E-state index is -0.651. The largest absolute Gasteiger partial charge is 0.394 e. The number of aliphatic hydroxyl groups is 2. The number of aliphatic hydroxyl groups excluding tert-OH is 2. The first kappa shape index (κ1) is 52.1. The SMILES string of the molecule is CCCCCCCCCC/C=C\CCCCCCCCCCCCCCCCCCCCCCCCCC(=O)NC(CO)C(O)CCCCCCCC. The summed E-state index contributed by atoms with van der Waals surface area (Å²) in [6, 6.07) is -0.528. The van der Waals surface area contributed by atoms with E-state index < -0.39 is 12.1 Å². The van der Waals surface area contributed by atoms with E-state index in [2.05, 4.69) is 31.3 Å². The molecule has 0 aliphatic rings. The van der Waals surface area contributed by atoms with Gasteiger partial charge in [0.15, 0.2) is 0 Å². The van der Waals surface area contributed by atoms with E-state index in [1.165, 1.54) is 225 Å². The number of hydrogen-bond acceptors (Lipinski definition) is 3. The van der Waals surface area contributed by atoms with Crippen molar-refractivity contribution in [2.45, 2.75) is 289 Å². The van der Waals surface area contributed by atoms with E-state index in [4.69, 9.17) is 0 Å². The lowest BCUT2D eigenvalue weighted by molar-refractivity contribution is -0.123. The fraction of sp³-hybridized carbons (Fsp3) is 0.939. The molecular weight excluding hydrogens is 651 g/mol. The second-order valence-electron chi connectivity index (χ2n) is 16.9. The van der Waals surface area contributed by atoms with Gasteiger partial charge in [0, 0.05) is 6.42 Å². The summed E-state index contributed by atoms with van der Waals surface area (Å²) in [4.78, 5) is 12.3. The number of carbonyl (C=O) groups excluding carboxylic acids is 1. The van der Waals surface area contributed by atoms with Crippen LogP contribution in [0.3, 0.4) is 0 Å². The summed E-state index contributed by atoms with van der Waals surface area (Å²) in [7, 11) is 0. The average molecular weight is 748 g/mol. The van der Waals surface area contributed by atoms with Crippen molar-refractivity contribution in [2.75, 3.05) is 6.61 Å². The molecule has 0 aromatic rings. The van der Waals surface area contributed by atoms with Crippen molar-refractivity contribution in [1.29, 1.82) is 0 Å². The predicted molar refractivity (Wildman–Crippen MR) is 235 cm³/mol. The normalized spacial score (nSPS) is 12.9. The maximum Gasteiger partial charge on any atom is 0.220 e. The Morgan fingerprint density at radius 2 is 0.717 bits per heavy atom. The lowest BCUT2D eigenvalue weighted by Gasteiger charge is -2.22. The minimum absolute atomic E-state index is 0.0318. The molecular formula is C49H97NO3. The molecule has 0 saturated heterocycles. The Balaban J connectivity index is 3.29. The first-order valence-corrected chi connectivity index (χ1v) is 24.4. The van der Waals surface area contributed by atoms with Crippen LogP contribution >= 0.6 is 0 Å². The van der Waals surface area contributed by atoms with Gasteiger partial charge in [-0.2, -0.15) is 0 Å². The summed E-state index contributed by atoms with van der Waals surface area (Å²) in [5.41, 5.74) is 0. The van der Waals surface area contributed by atoms with Gasteiger partial charge in [-0.3, -0.25) is 4.79 Å². The zero-order valence-electron chi connectivity index (χ0n) is 36.3. The molecule has 316 valence electrons. The highest BCUT2D eigenvalue weighted by molar-refractivity contribution is 5.76. The van der Waals surface area contributed by atoms with Gasteiger partial charge in [0.25, 0.3) is 0 Å². The van der Waals surface area contributed by atoms with Crippen LogP contribution in [0.5, 0.6) is 0 Å². The Bertz CT molecular complexity index is 725. The van der Waals surface area contributed by atoms with Crippen LogP contribution < -0.4 is 5.32 Å². The Labute approximate surface area is 333 Å². The average Bonchev–Trinajstić information content (AvgIpc) is 3.16. The number of unbranched alkanes of at least 4 members (excludes halogenated alkanes) is 36. The van der Waals surface area contributed by atoms with E-state index in [0.29, 0.717) is 12.8 Å². The van der Waals surface area contributed by atoms with Gasteiger partial charge in [-0.05, 0) is 38.5 Å². The van der Waals surface area contributed by atoms with Crippen molar-refractivity contribution < 1.29 is 15.0 Å². The summed E-state index contributed by atoms with van der Waals surface area (Å²) in [5, 5.41) is 22.9. The molecule has 2 atom stereocenters.